The second kappa shape index (κ2) is 14.2. The highest BCUT2D eigenvalue weighted by molar-refractivity contribution is 9.10. The molecule has 0 saturated heterocycles. The van der Waals surface area contributed by atoms with E-state index in [4.69, 9.17) is 29.8 Å². The summed E-state index contributed by atoms with van der Waals surface area (Å²) >= 11 is 3.92. The van der Waals surface area contributed by atoms with Crippen LogP contribution in [0.15, 0.2) is 148 Å². The lowest BCUT2D eigenvalue weighted by Crippen LogP contribution is -2.39. The molecule has 9 nitrogen and oxygen atoms in total. The van der Waals surface area contributed by atoms with Gasteiger partial charge < -0.3 is 14.1 Å². The molecule has 5 aromatic carbocycles. The lowest BCUT2D eigenvalue weighted by Gasteiger charge is -2.34. The van der Waals surface area contributed by atoms with Crippen LogP contribution in [0.5, 0.6) is 0 Å². The summed E-state index contributed by atoms with van der Waals surface area (Å²) in [6.07, 6.45) is 0.755. The van der Waals surface area contributed by atoms with Gasteiger partial charge in [-0.1, -0.05) is 128 Å². The SMILES string of the molecule is CCc1nc2c(C)cc(CO)nc2n1Cc1ccc2oc(-c3ccccc3-c3nnn(C(c4ccccc4)(c4ccccc4)c4ccccc4)n3)c(Br)c2c1. The van der Waals surface area contributed by atoms with Crippen molar-refractivity contribution in [2.24, 2.45) is 0 Å². The van der Waals surface area contributed by atoms with Crippen LogP contribution < -0.4 is 0 Å². The van der Waals surface area contributed by atoms with Crippen molar-refractivity contribution < 1.29 is 9.52 Å². The van der Waals surface area contributed by atoms with Gasteiger partial charge in [0, 0.05) is 22.9 Å². The smallest absolute Gasteiger partial charge is 0.205 e. The fourth-order valence-electron chi connectivity index (χ4n) is 7.66. The second-order valence-corrected chi connectivity index (χ2v) is 14.4. The van der Waals surface area contributed by atoms with Crippen molar-refractivity contribution >= 4 is 38.1 Å². The van der Waals surface area contributed by atoms with Crippen LogP contribution in [0.2, 0.25) is 0 Å². The van der Waals surface area contributed by atoms with E-state index in [0.29, 0.717) is 23.8 Å². The Balaban J connectivity index is 1.14. The Labute approximate surface area is 326 Å². The minimum Gasteiger partial charge on any atom is -0.455 e. The number of halogens is 1. The Kier molecular flexibility index (Phi) is 8.92. The van der Waals surface area contributed by atoms with Gasteiger partial charge in [0.2, 0.25) is 5.82 Å². The van der Waals surface area contributed by atoms with Crippen molar-refractivity contribution in [2.45, 2.75) is 39.0 Å². The highest BCUT2D eigenvalue weighted by Crippen LogP contribution is 2.43. The van der Waals surface area contributed by atoms with Crippen LogP contribution in [-0.2, 0) is 25.1 Å². The largest absolute Gasteiger partial charge is 0.455 e. The van der Waals surface area contributed by atoms with Gasteiger partial charge in [-0.2, -0.15) is 0 Å². The van der Waals surface area contributed by atoms with Gasteiger partial charge in [0.25, 0.3) is 0 Å². The van der Waals surface area contributed by atoms with E-state index in [1.165, 1.54) is 0 Å². The lowest BCUT2D eigenvalue weighted by atomic mass is 9.77. The van der Waals surface area contributed by atoms with Gasteiger partial charge in [0.05, 0.1) is 23.3 Å². The molecule has 0 bridgehead atoms. The summed E-state index contributed by atoms with van der Waals surface area (Å²) in [6, 6.07) is 47.1. The van der Waals surface area contributed by atoms with Gasteiger partial charge >= 0.3 is 0 Å². The zero-order chi connectivity index (χ0) is 37.5. The maximum atomic E-state index is 9.86. The number of hydrogen-bond acceptors (Lipinski definition) is 7. The van der Waals surface area contributed by atoms with E-state index in [9.17, 15) is 5.11 Å². The summed E-state index contributed by atoms with van der Waals surface area (Å²) < 4.78 is 9.57. The van der Waals surface area contributed by atoms with Crippen LogP contribution in [0.3, 0.4) is 0 Å². The molecule has 9 rings (SSSR count). The van der Waals surface area contributed by atoms with E-state index in [1.807, 2.05) is 97.9 Å². The topological polar surface area (TPSA) is 108 Å². The van der Waals surface area contributed by atoms with Crippen molar-refractivity contribution in [3.05, 3.63) is 183 Å². The van der Waals surface area contributed by atoms with Crippen LogP contribution in [0.25, 0.3) is 44.8 Å². The number of furan rings is 1. The molecule has 10 heteroatoms. The highest BCUT2D eigenvalue weighted by atomic mass is 79.9. The number of tetrazole rings is 1. The highest BCUT2D eigenvalue weighted by Gasteiger charge is 2.41. The fourth-order valence-corrected chi connectivity index (χ4v) is 8.27. The number of fused-ring (bicyclic) bond motifs is 2. The average Bonchev–Trinajstić information content (AvgIpc) is 3.96. The van der Waals surface area contributed by atoms with E-state index >= 15 is 0 Å². The minimum atomic E-state index is -0.896. The maximum absolute atomic E-state index is 9.86. The third-order valence-electron chi connectivity index (χ3n) is 10.2. The first-order chi connectivity index (χ1) is 27.0. The quantitative estimate of drug-likeness (QED) is 0.138. The second-order valence-electron chi connectivity index (χ2n) is 13.6. The van der Waals surface area contributed by atoms with Crippen LogP contribution in [0.1, 0.15) is 46.3 Å². The molecule has 9 aromatic rings. The summed E-state index contributed by atoms with van der Waals surface area (Å²) in [5.74, 6) is 2.09. The molecule has 0 aliphatic carbocycles. The number of aliphatic hydroxyl groups excluding tert-OH is 1. The fraction of sp³-hybridized carbons (Fsp3) is 0.133. The maximum Gasteiger partial charge on any atom is 0.205 e. The van der Waals surface area contributed by atoms with Gasteiger partial charge in [-0.15, -0.1) is 15.0 Å². The molecule has 0 atom stereocenters. The van der Waals surface area contributed by atoms with Crippen LogP contribution in [0, 0.1) is 6.92 Å². The van der Waals surface area contributed by atoms with Gasteiger partial charge in [0.15, 0.2) is 11.2 Å². The molecule has 0 unspecified atom stereocenters. The molecule has 0 fully saturated rings. The zero-order valence-electron chi connectivity index (χ0n) is 30.3. The van der Waals surface area contributed by atoms with E-state index in [1.54, 1.807) is 4.80 Å². The summed E-state index contributed by atoms with van der Waals surface area (Å²) in [7, 11) is 0. The van der Waals surface area contributed by atoms with Gasteiger partial charge in [-0.3, -0.25) is 0 Å². The van der Waals surface area contributed by atoms with Gasteiger partial charge in [-0.05, 0) is 74.1 Å². The number of imidazole rings is 1. The number of benzene rings is 5. The molecule has 0 aliphatic rings. The van der Waals surface area contributed by atoms with Crippen molar-refractivity contribution in [1.29, 1.82) is 0 Å². The number of pyridine rings is 1. The Bertz CT molecular complexity index is 2700. The summed E-state index contributed by atoms with van der Waals surface area (Å²) in [4.78, 5) is 11.4. The third kappa shape index (κ3) is 5.85. The first kappa shape index (κ1) is 34.5. The Hall–Kier alpha value is -6.23. The minimum absolute atomic E-state index is 0.124. The predicted molar refractivity (Wildman–Crippen MR) is 217 cm³/mol. The van der Waals surface area contributed by atoms with Gasteiger partial charge in [-0.25, -0.2) is 9.97 Å². The van der Waals surface area contributed by atoms with Crippen molar-refractivity contribution in [3.8, 4) is 22.7 Å². The zero-order valence-corrected chi connectivity index (χ0v) is 31.9. The van der Waals surface area contributed by atoms with Crippen molar-refractivity contribution in [3.63, 3.8) is 0 Å². The number of rotatable bonds is 10. The number of aliphatic hydroxyl groups is 1. The summed E-state index contributed by atoms with van der Waals surface area (Å²) in [5, 5.41) is 25.5. The van der Waals surface area contributed by atoms with Crippen molar-refractivity contribution in [1.82, 2.24) is 34.7 Å². The van der Waals surface area contributed by atoms with E-state index < -0.39 is 5.54 Å². The van der Waals surface area contributed by atoms with E-state index in [-0.39, 0.29) is 6.61 Å². The van der Waals surface area contributed by atoms with Crippen LogP contribution in [0.4, 0.5) is 0 Å². The normalized spacial score (nSPS) is 11.9. The van der Waals surface area contributed by atoms with Crippen LogP contribution >= 0.6 is 15.9 Å². The molecule has 55 heavy (non-hydrogen) atoms. The predicted octanol–water partition coefficient (Wildman–Crippen LogP) is 9.51. The first-order valence-electron chi connectivity index (χ1n) is 18.2. The molecule has 1 N–H and O–H groups in total. The Morgan fingerprint density at radius 3 is 1.98 bits per heavy atom. The molecular formula is C45H36BrN7O2. The standard InChI is InChI=1S/C45H36BrN7O2/c1-3-39-48-41-29(2)25-34(28-54)47-44(41)52(39)27-30-23-24-38-37(26-30)40(46)42(55-38)35-21-13-14-22-36(35)43-49-51-53(50-43)45(31-15-7-4-8-16-31,32-17-9-5-10-18-32)33-19-11-6-12-20-33/h4-26,54H,3,27-28H2,1-2H3. The lowest BCUT2D eigenvalue weighted by molar-refractivity contribution is 0.277. The number of aromatic nitrogens is 7. The Morgan fingerprint density at radius 1 is 0.745 bits per heavy atom. The van der Waals surface area contributed by atoms with Crippen molar-refractivity contribution in [2.75, 3.05) is 0 Å². The Morgan fingerprint density at radius 2 is 1.36 bits per heavy atom. The molecule has 0 saturated carbocycles. The number of hydrogen-bond donors (Lipinski definition) is 1. The molecule has 0 aliphatic heterocycles. The van der Waals surface area contributed by atoms with E-state index in [2.05, 4.69) is 76.0 Å². The number of nitrogens with zero attached hydrogens (tertiary/aromatic N) is 7. The summed E-state index contributed by atoms with van der Waals surface area (Å²) in [5.41, 5.74) is 8.83. The monoisotopic (exact) mass is 785 g/mol. The summed E-state index contributed by atoms with van der Waals surface area (Å²) in [6.45, 7) is 4.55. The molecule has 4 aromatic heterocycles. The molecule has 0 radical (unpaired) electrons. The first-order valence-corrected chi connectivity index (χ1v) is 19.0. The molecule has 0 amide bonds. The number of aryl methyl sites for hydroxylation is 2. The average molecular weight is 787 g/mol. The molecule has 0 spiro atoms. The van der Waals surface area contributed by atoms with E-state index in [0.717, 1.165) is 77.8 Å². The third-order valence-corrected chi connectivity index (χ3v) is 11.0. The molecular weight excluding hydrogens is 750 g/mol. The molecule has 270 valence electrons. The van der Waals surface area contributed by atoms with Gasteiger partial charge in [0.1, 0.15) is 22.7 Å². The molecule has 4 heterocycles. The van der Waals surface area contributed by atoms with Crippen LogP contribution in [-0.4, -0.2) is 39.8 Å².